The fourth-order valence-corrected chi connectivity index (χ4v) is 3.96. The maximum absolute atomic E-state index is 13.1. The molecule has 1 atom stereocenters. The molecule has 2 aliphatic heterocycles. The van der Waals surface area contributed by atoms with Crippen LogP contribution in [-0.4, -0.2) is 22.1 Å². The number of fused-ring (bicyclic) bond motifs is 2. The van der Waals surface area contributed by atoms with Crippen molar-refractivity contribution in [2.75, 3.05) is 6.79 Å². The van der Waals surface area contributed by atoms with Crippen LogP contribution in [0.5, 0.6) is 11.5 Å². The number of ether oxygens (including phenoxy) is 2. The van der Waals surface area contributed by atoms with Gasteiger partial charge in [-0.2, -0.15) is 0 Å². The number of ketones is 1. The van der Waals surface area contributed by atoms with Crippen molar-refractivity contribution >= 4 is 16.9 Å². The zero-order valence-electron chi connectivity index (χ0n) is 14.9. The van der Waals surface area contributed by atoms with Gasteiger partial charge in [-0.05, 0) is 41.8 Å². The number of benzene rings is 2. The summed E-state index contributed by atoms with van der Waals surface area (Å²) in [5.41, 5.74) is 5.20. The van der Waals surface area contributed by atoms with Crippen molar-refractivity contribution in [1.82, 2.24) is 9.55 Å². The molecule has 0 fully saturated rings. The number of carbonyl (C=O) groups is 1. The van der Waals surface area contributed by atoms with Crippen LogP contribution in [0.15, 0.2) is 61.1 Å². The fourth-order valence-electron chi connectivity index (χ4n) is 3.96. The Morgan fingerprint density at radius 1 is 1.15 bits per heavy atom. The van der Waals surface area contributed by atoms with Crippen molar-refractivity contribution in [1.29, 1.82) is 0 Å². The van der Waals surface area contributed by atoms with E-state index in [4.69, 9.17) is 9.47 Å². The number of imidazole rings is 1. The summed E-state index contributed by atoms with van der Waals surface area (Å²) < 4.78 is 12.8. The highest BCUT2D eigenvalue weighted by Crippen LogP contribution is 2.44. The van der Waals surface area contributed by atoms with Crippen molar-refractivity contribution in [2.45, 2.75) is 19.4 Å². The predicted octanol–water partition coefficient (Wildman–Crippen LogP) is 4.37. The molecule has 3 aromatic rings. The van der Waals surface area contributed by atoms with Crippen LogP contribution < -0.4 is 9.47 Å². The van der Waals surface area contributed by atoms with Gasteiger partial charge < -0.3 is 14.0 Å². The van der Waals surface area contributed by atoms with Gasteiger partial charge in [0.25, 0.3) is 0 Å². The van der Waals surface area contributed by atoms with Crippen LogP contribution in [0.2, 0.25) is 0 Å². The van der Waals surface area contributed by atoms with Gasteiger partial charge in [0.05, 0.1) is 24.3 Å². The molecule has 0 N–H and O–H groups in total. The van der Waals surface area contributed by atoms with Gasteiger partial charge in [0, 0.05) is 12.0 Å². The molecular formula is C22H18N2O3. The normalized spacial score (nSPS) is 17.3. The summed E-state index contributed by atoms with van der Waals surface area (Å²) in [6, 6.07) is 15.5. The Labute approximate surface area is 156 Å². The van der Waals surface area contributed by atoms with Crippen LogP contribution in [0.4, 0.5) is 0 Å². The summed E-state index contributed by atoms with van der Waals surface area (Å²) in [7, 11) is 0. The second-order valence-corrected chi connectivity index (χ2v) is 6.80. The van der Waals surface area contributed by atoms with Gasteiger partial charge in [0.2, 0.25) is 6.79 Å². The lowest BCUT2D eigenvalue weighted by Gasteiger charge is -2.18. The lowest BCUT2D eigenvalue weighted by atomic mass is 9.91. The van der Waals surface area contributed by atoms with E-state index < -0.39 is 0 Å². The third-order valence-corrected chi connectivity index (χ3v) is 5.28. The summed E-state index contributed by atoms with van der Waals surface area (Å²) in [6.07, 6.45) is 4.04. The Morgan fingerprint density at radius 2 is 1.96 bits per heavy atom. The second kappa shape index (κ2) is 6.13. The Balaban J connectivity index is 1.50. The van der Waals surface area contributed by atoms with Gasteiger partial charge in [-0.25, -0.2) is 4.98 Å². The molecule has 0 radical (unpaired) electrons. The topological polar surface area (TPSA) is 53.4 Å². The summed E-state index contributed by atoms with van der Waals surface area (Å²) in [4.78, 5) is 17.3. The number of rotatable bonds is 4. The second-order valence-electron chi connectivity index (χ2n) is 6.80. The molecule has 134 valence electrons. The van der Waals surface area contributed by atoms with E-state index >= 15 is 0 Å². The van der Waals surface area contributed by atoms with Crippen molar-refractivity contribution in [2.24, 2.45) is 0 Å². The number of Topliss-reactive ketones (excluding diaryl/α,β-unsaturated/α-hetero) is 1. The number of hydrogen-bond donors (Lipinski definition) is 0. The van der Waals surface area contributed by atoms with Crippen molar-refractivity contribution in [3.05, 3.63) is 77.9 Å². The monoisotopic (exact) mass is 358 g/mol. The van der Waals surface area contributed by atoms with Crippen molar-refractivity contribution in [3.8, 4) is 11.5 Å². The van der Waals surface area contributed by atoms with Crippen molar-refractivity contribution in [3.63, 3.8) is 0 Å². The van der Waals surface area contributed by atoms with E-state index in [9.17, 15) is 4.79 Å². The fraction of sp³-hybridized carbons (Fsp3) is 0.182. The molecule has 2 aromatic carbocycles. The summed E-state index contributed by atoms with van der Waals surface area (Å²) in [5.74, 6) is 1.39. The maximum atomic E-state index is 13.1. The first kappa shape index (κ1) is 15.9. The lowest BCUT2D eigenvalue weighted by molar-refractivity contribution is 0.0972. The lowest BCUT2D eigenvalue weighted by Crippen LogP contribution is -2.13. The Kier molecular flexibility index (Phi) is 3.60. The third kappa shape index (κ3) is 2.54. The third-order valence-electron chi connectivity index (χ3n) is 5.28. The SMILES string of the molecule is CC1=C(c2ccccc2)C(CC(=O)c2ccc3c(c2)OCO3)n2cncc21. The maximum Gasteiger partial charge on any atom is 0.231 e. The molecule has 2 aliphatic rings. The van der Waals surface area contributed by atoms with E-state index in [1.54, 1.807) is 18.2 Å². The number of allylic oxidation sites excluding steroid dienone is 2. The minimum atomic E-state index is -0.0668. The molecule has 0 amide bonds. The zero-order chi connectivity index (χ0) is 18.4. The standard InChI is InChI=1S/C22H18N2O3/c1-14-18-11-23-12-24(18)17(22(14)15-5-3-2-4-6-15)10-19(25)16-7-8-20-21(9-16)27-13-26-20/h2-9,11-12,17H,10,13H2,1H3. The molecule has 1 unspecified atom stereocenters. The van der Waals surface area contributed by atoms with E-state index in [2.05, 4.69) is 28.6 Å². The summed E-state index contributed by atoms with van der Waals surface area (Å²) in [5, 5.41) is 0. The largest absolute Gasteiger partial charge is 0.454 e. The molecule has 0 saturated carbocycles. The Hall–Kier alpha value is -3.34. The molecule has 3 heterocycles. The highest BCUT2D eigenvalue weighted by atomic mass is 16.7. The molecule has 0 bridgehead atoms. The van der Waals surface area contributed by atoms with Crippen molar-refractivity contribution < 1.29 is 14.3 Å². The predicted molar refractivity (Wildman–Crippen MR) is 102 cm³/mol. The average molecular weight is 358 g/mol. The Morgan fingerprint density at radius 3 is 2.81 bits per heavy atom. The summed E-state index contributed by atoms with van der Waals surface area (Å²) in [6.45, 7) is 2.30. The minimum absolute atomic E-state index is 0.0668. The van der Waals surface area contributed by atoms with Gasteiger partial charge >= 0.3 is 0 Å². The van der Waals surface area contributed by atoms with Gasteiger partial charge in [0.1, 0.15) is 0 Å². The van der Waals surface area contributed by atoms with E-state index in [-0.39, 0.29) is 18.6 Å². The van der Waals surface area contributed by atoms with Crippen LogP contribution in [0.1, 0.15) is 41.0 Å². The molecule has 0 saturated heterocycles. The highest BCUT2D eigenvalue weighted by molar-refractivity contribution is 6.01. The van der Waals surface area contributed by atoms with Crippen LogP contribution in [0.3, 0.4) is 0 Å². The average Bonchev–Trinajstić information content (AvgIpc) is 3.40. The van der Waals surface area contributed by atoms with Gasteiger partial charge in [-0.15, -0.1) is 0 Å². The summed E-state index contributed by atoms with van der Waals surface area (Å²) >= 11 is 0. The number of carbonyl (C=O) groups excluding carboxylic acids is 1. The van der Waals surface area contributed by atoms with Crippen LogP contribution in [0.25, 0.3) is 11.1 Å². The van der Waals surface area contributed by atoms with E-state index in [0.717, 1.165) is 11.3 Å². The van der Waals surface area contributed by atoms with E-state index in [1.807, 2.05) is 30.7 Å². The number of nitrogens with zero attached hydrogens (tertiary/aromatic N) is 2. The minimum Gasteiger partial charge on any atom is -0.454 e. The number of hydrogen-bond acceptors (Lipinski definition) is 4. The Bertz CT molecular complexity index is 1070. The molecule has 5 heteroatoms. The molecule has 1 aromatic heterocycles. The first-order chi connectivity index (χ1) is 13.2. The molecule has 27 heavy (non-hydrogen) atoms. The molecule has 0 aliphatic carbocycles. The molecule has 5 nitrogen and oxygen atoms in total. The first-order valence-electron chi connectivity index (χ1n) is 8.93. The zero-order valence-corrected chi connectivity index (χ0v) is 14.9. The van der Waals surface area contributed by atoms with Gasteiger partial charge in [0.15, 0.2) is 17.3 Å². The van der Waals surface area contributed by atoms with Gasteiger partial charge in [-0.1, -0.05) is 30.3 Å². The van der Waals surface area contributed by atoms with Crippen LogP contribution in [0, 0.1) is 0 Å². The van der Waals surface area contributed by atoms with E-state index in [0.29, 0.717) is 23.5 Å². The highest BCUT2D eigenvalue weighted by Gasteiger charge is 2.32. The molecule has 5 rings (SSSR count). The number of aromatic nitrogens is 2. The molecular weight excluding hydrogens is 340 g/mol. The van der Waals surface area contributed by atoms with E-state index in [1.165, 1.54) is 11.1 Å². The van der Waals surface area contributed by atoms with Crippen LogP contribution in [-0.2, 0) is 0 Å². The van der Waals surface area contributed by atoms with Gasteiger partial charge in [-0.3, -0.25) is 4.79 Å². The quantitative estimate of drug-likeness (QED) is 0.650. The smallest absolute Gasteiger partial charge is 0.231 e. The molecule has 0 spiro atoms. The first-order valence-corrected chi connectivity index (χ1v) is 8.93. The van der Waals surface area contributed by atoms with Crippen LogP contribution >= 0.6 is 0 Å².